The van der Waals surface area contributed by atoms with E-state index in [4.69, 9.17) is 0 Å². The second-order valence-electron chi connectivity index (χ2n) is 5.60. The number of nitrogens with zero attached hydrogens (tertiary/aromatic N) is 4. The van der Waals surface area contributed by atoms with Gasteiger partial charge in [0.15, 0.2) is 0 Å². The zero-order valence-corrected chi connectivity index (χ0v) is 13.4. The van der Waals surface area contributed by atoms with Gasteiger partial charge in [-0.25, -0.2) is 19.2 Å². The van der Waals surface area contributed by atoms with Crippen molar-refractivity contribution in [3.05, 3.63) is 54.1 Å². The Hall–Kier alpha value is -2.70. The molecule has 1 N–H and O–H groups in total. The van der Waals surface area contributed by atoms with Crippen molar-refractivity contribution in [3.63, 3.8) is 0 Å². The molecule has 1 aliphatic heterocycles. The van der Waals surface area contributed by atoms with Crippen molar-refractivity contribution in [2.24, 2.45) is 0 Å². The maximum absolute atomic E-state index is 13.5. The van der Waals surface area contributed by atoms with Crippen LogP contribution in [0.5, 0.6) is 0 Å². The Bertz CT molecular complexity index is 674. The smallest absolute Gasteiger partial charge is 0.317 e. The molecule has 6 nitrogen and oxygen atoms in total. The summed E-state index contributed by atoms with van der Waals surface area (Å²) in [5, 5.41) is 2.85. The van der Waals surface area contributed by atoms with Crippen molar-refractivity contribution in [2.45, 2.75) is 6.42 Å². The first kappa shape index (κ1) is 16.2. The number of aromatic nitrogens is 2. The Balaban J connectivity index is 1.43. The molecule has 1 aliphatic rings. The van der Waals surface area contributed by atoms with Gasteiger partial charge in [-0.2, -0.15) is 0 Å². The standard InChI is InChI=1S/C17H20FN5O/c18-15-5-2-1-4-14(15)6-9-21-17(24)23-12-10-22(11-13-23)16-19-7-3-8-20-16/h1-5,7-8H,6,9-13H2,(H,21,24). The van der Waals surface area contributed by atoms with Crippen molar-refractivity contribution in [1.29, 1.82) is 0 Å². The number of hydrogen-bond acceptors (Lipinski definition) is 4. The molecule has 2 amide bonds. The third-order valence-electron chi connectivity index (χ3n) is 4.03. The molecule has 24 heavy (non-hydrogen) atoms. The zero-order chi connectivity index (χ0) is 16.8. The lowest BCUT2D eigenvalue weighted by atomic mass is 10.1. The van der Waals surface area contributed by atoms with Crippen LogP contribution < -0.4 is 10.2 Å². The molecule has 0 aliphatic carbocycles. The van der Waals surface area contributed by atoms with Gasteiger partial charge in [0.2, 0.25) is 5.95 Å². The fourth-order valence-corrected chi connectivity index (χ4v) is 2.68. The van der Waals surface area contributed by atoms with E-state index in [-0.39, 0.29) is 11.8 Å². The fourth-order valence-electron chi connectivity index (χ4n) is 2.68. The van der Waals surface area contributed by atoms with Crippen molar-refractivity contribution in [3.8, 4) is 0 Å². The Labute approximate surface area is 140 Å². The van der Waals surface area contributed by atoms with Crippen LogP contribution in [-0.4, -0.2) is 53.6 Å². The average molecular weight is 329 g/mol. The molecular formula is C17H20FN5O. The van der Waals surface area contributed by atoms with Gasteiger partial charge < -0.3 is 15.1 Å². The van der Waals surface area contributed by atoms with Crippen LogP contribution in [0.15, 0.2) is 42.7 Å². The van der Waals surface area contributed by atoms with E-state index in [1.54, 1.807) is 41.6 Å². The minimum absolute atomic E-state index is 0.111. The topological polar surface area (TPSA) is 61.4 Å². The predicted molar refractivity (Wildman–Crippen MR) is 89.3 cm³/mol. The summed E-state index contributed by atoms with van der Waals surface area (Å²) in [4.78, 5) is 24.5. The van der Waals surface area contributed by atoms with Gasteiger partial charge in [-0.15, -0.1) is 0 Å². The fraction of sp³-hybridized carbons (Fsp3) is 0.353. The number of urea groups is 1. The lowest BCUT2D eigenvalue weighted by molar-refractivity contribution is 0.194. The van der Waals surface area contributed by atoms with Crippen LogP contribution >= 0.6 is 0 Å². The number of benzene rings is 1. The van der Waals surface area contributed by atoms with Crippen LogP contribution in [0.2, 0.25) is 0 Å². The van der Waals surface area contributed by atoms with Gasteiger partial charge >= 0.3 is 6.03 Å². The maximum Gasteiger partial charge on any atom is 0.317 e. The minimum Gasteiger partial charge on any atom is -0.338 e. The molecule has 1 aromatic carbocycles. The summed E-state index contributed by atoms with van der Waals surface area (Å²) in [5.74, 6) is 0.459. The number of amides is 2. The van der Waals surface area contributed by atoms with Gasteiger partial charge in [-0.1, -0.05) is 18.2 Å². The highest BCUT2D eigenvalue weighted by molar-refractivity contribution is 5.74. The maximum atomic E-state index is 13.5. The van der Waals surface area contributed by atoms with Crippen molar-refractivity contribution >= 4 is 12.0 Å². The molecule has 2 aromatic rings. The summed E-state index contributed by atoms with van der Waals surface area (Å²) in [6, 6.07) is 8.29. The number of carbonyl (C=O) groups excluding carboxylic acids is 1. The highest BCUT2D eigenvalue weighted by Gasteiger charge is 2.22. The first-order valence-electron chi connectivity index (χ1n) is 8.02. The summed E-state index contributed by atoms with van der Waals surface area (Å²) >= 11 is 0. The van der Waals surface area contributed by atoms with Gasteiger partial charge in [-0.05, 0) is 24.1 Å². The third-order valence-corrected chi connectivity index (χ3v) is 4.03. The van der Waals surface area contributed by atoms with E-state index >= 15 is 0 Å². The number of nitrogens with one attached hydrogen (secondary N) is 1. The molecule has 0 saturated carbocycles. The third kappa shape index (κ3) is 3.98. The molecular weight excluding hydrogens is 309 g/mol. The average Bonchev–Trinajstić information content (AvgIpc) is 2.64. The van der Waals surface area contributed by atoms with E-state index in [9.17, 15) is 9.18 Å². The summed E-state index contributed by atoms with van der Waals surface area (Å²) in [6.45, 7) is 3.05. The summed E-state index contributed by atoms with van der Waals surface area (Å²) < 4.78 is 13.5. The zero-order valence-electron chi connectivity index (χ0n) is 13.4. The largest absolute Gasteiger partial charge is 0.338 e. The molecule has 1 aromatic heterocycles. The number of piperazine rings is 1. The van der Waals surface area contributed by atoms with Crippen molar-refractivity contribution in [2.75, 3.05) is 37.6 Å². The molecule has 0 radical (unpaired) electrons. The van der Waals surface area contributed by atoms with Gasteiger partial charge in [0.25, 0.3) is 0 Å². The van der Waals surface area contributed by atoms with Gasteiger partial charge in [-0.3, -0.25) is 0 Å². The molecule has 0 unspecified atom stereocenters. The van der Waals surface area contributed by atoms with E-state index in [0.717, 1.165) is 0 Å². The van der Waals surface area contributed by atoms with Crippen LogP contribution in [-0.2, 0) is 6.42 Å². The van der Waals surface area contributed by atoms with E-state index < -0.39 is 0 Å². The first-order chi connectivity index (χ1) is 11.7. The number of rotatable bonds is 4. The molecule has 2 heterocycles. The van der Waals surface area contributed by atoms with Crippen LogP contribution in [0.25, 0.3) is 0 Å². The molecule has 1 saturated heterocycles. The van der Waals surface area contributed by atoms with E-state index in [0.29, 0.717) is 50.7 Å². The number of halogens is 1. The molecule has 7 heteroatoms. The Morgan fingerprint density at radius 3 is 2.50 bits per heavy atom. The molecule has 1 fully saturated rings. The molecule has 0 atom stereocenters. The second-order valence-corrected chi connectivity index (χ2v) is 5.60. The molecule has 0 spiro atoms. The highest BCUT2D eigenvalue weighted by atomic mass is 19.1. The molecule has 0 bridgehead atoms. The van der Waals surface area contributed by atoms with Gasteiger partial charge in [0, 0.05) is 45.1 Å². The summed E-state index contributed by atoms with van der Waals surface area (Å²) in [7, 11) is 0. The summed E-state index contributed by atoms with van der Waals surface area (Å²) in [5.41, 5.74) is 0.615. The SMILES string of the molecule is O=C(NCCc1ccccc1F)N1CCN(c2ncccn2)CC1. The van der Waals surface area contributed by atoms with E-state index in [1.807, 2.05) is 0 Å². The Morgan fingerprint density at radius 2 is 1.79 bits per heavy atom. The van der Waals surface area contributed by atoms with Crippen molar-refractivity contribution < 1.29 is 9.18 Å². The Morgan fingerprint density at radius 1 is 1.08 bits per heavy atom. The predicted octanol–water partition coefficient (Wildman–Crippen LogP) is 1.69. The minimum atomic E-state index is -0.233. The van der Waals surface area contributed by atoms with Crippen LogP contribution in [0.4, 0.5) is 15.1 Å². The quantitative estimate of drug-likeness (QED) is 0.927. The second kappa shape index (κ2) is 7.72. The first-order valence-corrected chi connectivity index (χ1v) is 8.02. The van der Waals surface area contributed by atoms with E-state index in [1.165, 1.54) is 6.07 Å². The monoisotopic (exact) mass is 329 g/mol. The highest BCUT2D eigenvalue weighted by Crippen LogP contribution is 2.10. The van der Waals surface area contributed by atoms with Crippen LogP contribution in [0, 0.1) is 5.82 Å². The lowest BCUT2D eigenvalue weighted by Gasteiger charge is -2.34. The summed E-state index contributed by atoms with van der Waals surface area (Å²) in [6.07, 6.45) is 3.91. The van der Waals surface area contributed by atoms with Crippen molar-refractivity contribution in [1.82, 2.24) is 20.2 Å². The number of anilines is 1. The van der Waals surface area contributed by atoms with E-state index in [2.05, 4.69) is 20.2 Å². The molecule has 126 valence electrons. The van der Waals surface area contributed by atoms with Gasteiger partial charge in [0.1, 0.15) is 5.82 Å². The van der Waals surface area contributed by atoms with Crippen LogP contribution in [0.3, 0.4) is 0 Å². The van der Waals surface area contributed by atoms with Gasteiger partial charge in [0.05, 0.1) is 0 Å². The number of hydrogen-bond donors (Lipinski definition) is 1. The molecule has 3 rings (SSSR count). The Kier molecular flexibility index (Phi) is 5.20. The van der Waals surface area contributed by atoms with Crippen LogP contribution in [0.1, 0.15) is 5.56 Å². The number of carbonyl (C=O) groups is 1. The normalized spacial score (nSPS) is 14.5. The lowest BCUT2D eigenvalue weighted by Crippen LogP contribution is -2.52.